The summed E-state index contributed by atoms with van der Waals surface area (Å²) in [6.45, 7) is -0.0333. The van der Waals surface area contributed by atoms with Crippen molar-refractivity contribution in [3.63, 3.8) is 0 Å². The number of morpholine rings is 1. The van der Waals surface area contributed by atoms with Crippen molar-refractivity contribution in [2.75, 3.05) is 32.8 Å². The quantitative estimate of drug-likeness (QED) is 0.732. The van der Waals surface area contributed by atoms with E-state index in [0.717, 1.165) is 4.90 Å². The van der Waals surface area contributed by atoms with Crippen LogP contribution in [0.5, 0.6) is 0 Å². The van der Waals surface area contributed by atoms with Crippen molar-refractivity contribution in [3.05, 3.63) is 0 Å². The summed E-state index contributed by atoms with van der Waals surface area (Å²) >= 11 is 0. The van der Waals surface area contributed by atoms with Gasteiger partial charge in [-0.1, -0.05) is 0 Å². The number of hydrogen-bond donors (Lipinski definition) is 0. The Kier molecular flexibility index (Phi) is 3.96. The van der Waals surface area contributed by atoms with Crippen LogP contribution >= 0.6 is 0 Å². The van der Waals surface area contributed by atoms with Crippen LogP contribution in [0.3, 0.4) is 0 Å². The van der Waals surface area contributed by atoms with Gasteiger partial charge in [0.2, 0.25) is 5.91 Å². The molecule has 2 aliphatic heterocycles. The molecule has 0 radical (unpaired) electrons. The molecule has 2 atom stereocenters. The Bertz CT molecular complexity index is 394. The van der Waals surface area contributed by atoms with Gasteiger partial charge in [-0.2, -0.15) is 18.4 Å². The highest BCUT2D eigenvalue weighted by Crippen LogP contribution is 2.24. The van der Waals surface area contributed by atoms with Crippen LogP contribution in [0.4, 0.5) is 13.2 Å². The summed E-state index contributed by atoms with van der Waals surface area (Å²) in [6.07, 6.45) is -4.61. The lowest BCUT2D eigenvalue weighted by molar-refractivity contribution is -0.159. The van der Waals surface area contributed by atoms with Crippen molar-refractivity contribution in [3.8, 4) is 6.07 Å². The topological polar surface area (TPSA) is 56.6 Å². The number of hydrogen-bond acceptors (Lipinski definition) is 4. The maximum atomic E-state index is 12.3. The minimum absolute atomic E-state index is 0.109. The molecule has 5 nitrogen and oxygen atoms in total. The average molecular weight is 277 g/mol. The van der Waals surface area contributed by atoms with Crippen molar-refractivity contribution in [1.29, 1.82) is 5.26 Å². The fourth-order valence-corrected chi connectivity index (χ4v) is 2.47. The zero-order valence-corrected chi connectivity index (χ0v) is 10.2. The number of alkyl halides is 3. The van der Waals surface area contributed by atoms with Gasteiger partial charge in [-0.15, -0.1) is 0 Å². The monoisotopic (exact) mass is 277 g/mol. The molecular weight excluding hydrogens is 263 g/mol. The normalized spacial score (nSPS) is 29.6. The van der Waals surface area contributed by atoms with Crippen LogP contribution in [0.2, 0.25) is 0 Å². The number of likely N-dealkylation sites (tertiary alicyclic amines) is 1. The first-order chi connectivity index (χ1) is 8.90. The molecule has 2 heterocycles. The molecule has 0 spiro atoms. The second-order valence-corrected chi connectivity index (χ2v) is 4.66. The Hall–Kier alpha value is -1.33. The molecule has 2 saturated heterocycles. The molecule has 2 aliphatic rings. The molecule has 19 heavy (non-hydrogen) atoms. The summed E-state index contributed by atoms with van der Waals surface area (Å²) in [5, 5.41) is 8.78. The van der Waals surface area contributed by atoms with Crippen molar-refractivity contribution in [1.82, 2.24) is 9.80 Å². The van der Waals surface area contributed by atoms with E-state index >= 15 is 0 Å². The molecule has 2 fully saturated rings. The fourth-order valence-electron chi connectivity index (χ4n) is 2.47. The number of amides is 1. The first kappa shape index (κ1) is 14.1. The summed E-state index contributed by atoms with van der Waals surface area (Å²) in [5.41, 5.74) is 0. The molecule has 1 amide bonds. The number of nitriles is 1. The number of nitrogens with zero attached hydrogens (tertiary/aromatic N) is 3. The first-order valence-corrected chi connectivity index (χ1v) is 6.01. The Labute approximate surface area is 108 Å². The van der Waals surface area contributed by atoms with E-state index in [4.69, 9.17) is 10.00 Å². The lowest BCUT2D eigenvalue weighted by atomic mass is 10.1. The summed E-state index contributed by atoms with van der Waals surface area (Å²) in [7, 11) is 0. The highest BCUT2D eigenvalue weighted by molar-refractivity contribution is 5.84. The highest BCUT2D eigenvalue weighted by Gasteiger charge is 2.42. The third-order valence-electron chi connectivity index (χ3n) is 3.32. The molecule has 0 aromatic rings. The number of halogens is 3. The Morgan fingerprint density at radius 2 is 2.16 bits per heavy atom. The standard InChI is InChI=1S/C11H14F3N3O2/c12-11(13,14)7-17-2-1-9(10(17)18)16-3-4-19-8(5-15)6-16/h8-9H,1-4,6-7H2/t8-,9+/m0/s1. The van der Waals surface area contributed by atoms with Gasteiger partial charge >= 0.3 is 6.18 Å². The smallest absolute Gasteiger partial charge is 0.361 e. The van der Waals surface area contributed by atoms with E-state index in [0.29, 0.717) is 19.6 Å². The van der Waals surface area contributed by atoms with Gasteiger partial charge in [-0.05, 0) is 6.42 Å². The number of ether oxygens (including phenoxy) is 1. The Morgan fingerprint density at radius 3 is 2.79 bits per heavy atom. The molecule has 0 N–H and O–H groups in total. The van der Waals surface area contributed by atoms with Gasteiger partial charge in [0, 0.05) is 19.6 Å². The van der Waals surface area contributed by atoms with Crippen LogP contribution < -0.4 is 0 Å². The van der Waals surface area contributed by atoms with E-state index in [1.807, 2.05) is 6.07 Å². The number of rotatable bonds is 2. The van der Waals surface area contributed by atoms with Crippen molar-refractivity contribution in [2.24, 2.45) is 0 Å². The van der Waals surface area contributed by atoms with Gasteiger partial charge in [-0.3, -0.25) is 9.69 Å². The molecular formula is C11H14F3N3O2. The third kappa shape index (κ3) is 3.36. The van der Waals surface area contributed by atoms with E-state index in [1.165, 1.54) is 0 Å². The van der Waals surface area contributed by atoms with Crippen LogP contribution in [0.25, 0.3) is 0 Å². The van der Waals surface area contributed by atoms with Crippen LogP contribution in [-0.4, -0.2) is 66.8 Å². The third-order valence-corrected chi connectivity index (χ3v) is 3.32. The first-order valence-electron chi connectivity index (χ1n) is 6.01. The van der Waals surface area contributed by atoms with E-state index < -0.39 is 30.8 Å². The van der Waals surface area contributed by atoms with Gasteiger partial charge in [0.25, 0.3) is 0 Å². The van der Waals surface area contributed by atoms with Crippen LogP contribution in [-0.2, 0) is 9.53 Å². The van der Waals surface area contributed by atoms with E-state index in [1.54, 1.807) is 4.90 Å². The lowest BCUT2D eigenvalue weighted by Gasteiger charge is -2.33. The van der Waals surface area contributed by atoms with Crippen molar-refractivity contribution < 1.29 is 22.7 Å². The molecule has 0 saturated carbocycles. The summed E-state index contributed by atoms with van der Waals surface area (Å²) < 4.78 is 42.0. The molecule has 106 valence electrons. The fraction of sp³-hybridized carbons (Fsp3) is 0.818. The van der Waals surface area contributed by atoms with E-state index in [9.17, 15) is 18.0 Å². The predicted molar refractivity (Wildman–Crippen MR) is 58.0 cm³/mol. The SMILES string of the molecule is N#C[C@H]1CN([C@@H]2CCN(CC(F)(F)F)C2=O)CCO1. The number of carbonyl (C=O) groups is 1. The highest BCUT2D eigenvalue weighted by atomic mass is 19.4. The van der Waals surface area contributed by atoms with Gasteiger partial charge in [0.15, 0.2) is 6.10 Å². The van der Waals surface area contributed by atoms with Crippen molar-refractivity contribution >= 4 is 5.91 Å². The zero-order valence-electron chi connectivity index (χ0n) is 10.2. The largest absolute Gasteiger partial charge is 0.406 e. The molecule has 0 aliphatic carbocycles. The molecule has 8 heteroatoms. The summed E-state index contributed by atoms with van der Waals surface area (Å²) in [4.78, 5) is 14.5. The van der Waals surface area contributed by atoms with Gasteiger partial charge in [-0.25, -0.2) is 0 Å². The molecule has 0 aromatic heterocycles. The Morgan fingerprint density at radius 1 is 1.42 bits per heavy atom. The second-order valence-electron chi connectivity index (χ2n) is 4.66. The predicted octanol–water partition coefficient (Wildman–Crippen LogP) is 0.374. The maximum Gasteiger partial charge on any atom is 0.406 e. The minimum Gasteiger partial charge on any atom is -0.361 e. The van der Waals surface area contributed by atoms with Crippen LogP contribution in [0, 0.1) is 11.3 Å². The van der Waals surface area contributed by atoms with Crippen LogP contribution in [0.15, 0.2) is 0 Å². The number of carbonyl (C=O) groups excluding carboxylic acids is 1. The summed E-state index contributed by atoms with van der Waals surface area (Å²) in [6, 6.07) is 1.40. The minimum atomic E-state index is -4.37. The molecule has 0 bridgehead atoms. The average Bonchev–Trinajstić information content (AvgIpc) is 2.69. The van der Waals surface area contributed by atoms with Crippen molar-refractivity contribution in [2.45, 2.75) is 24.7 Å². The Balaban J connectivity index is 1.96. The molecule has 0 unspecified atom stereocenters. The maximum absolute atomic E-state index is 12.3. The zero-order chi connectivity index (χ0) is 14.0. The molecule has 2 rings (SSSR count). The summed E-state index contributed by atoms with van der Waals surface area (Å²) in [5.74, 6) is -0.504. The molecule has 0 aromatic carbocycles. The lowest BCUT2D eigenvalue weighted by Crippen LogP contribution is -2.50. The van der Waals surface area contributed by atoms with E-state index in [-0.39, 0.29) is 13.1 Å². The van der Waals surface area contributed by atoms with E-state index in [2.05, 4.69) is 0 Å². The second kappa shape index (κ2) is 5.35. The van der Waals surface area contributed by atoms with Gasteiger partial charge in [0.05, 0.1) is 18.7 Å². The van der Waals surface area contributed by atoms with Gasteiger partial charge < -0.3 is 9.64 Å². The van der Waals surface area contributed by atoms with Gasteiger partial charge in [0.1, 0.15) is 6.54 Å². The van der Waals surface area contributed by atoms with Crippen LogP contribution in [0.1, 0.15) is 6.42 Å².